The fourth-order valence-corrected chi connectivity index (χ4v) is 4.43. The predicted molar refractivity (Wildman–Crippen MR) is 140 cm³/mol. The molecular formula is C28H25ClN4O3. The number of anilines is 1. The number of aryl methyl sites for hydroxylation is 2. The van der Waals surface area contributed by atoms with Crippen molar-refractivity contribution in [3.05, 3.63) is 106 Å². The fourth-order valence-electron chi connectivity index (χ4n) is 4.25. The van der Waals surface area contributed by atoms with Crippen LogP contribution in [0.1, 0.15) is 38.8 Å². The molecule has 0 bridgehead atoms. The second-order valence-electron chi connectivity index (χ2n) is 8.61. The molecule has 0 aliphatic carbocycles. The van der Waals surface area contributed by atoms with Crippen LogP contribution in [-0.4, -0.2) is 20.8 Å². The summed E-state index contributed by atoms with van der Waals surface area (Å²) in [5.74, 6) is 0.727. The van der Waals surface area contributed by atoms with E-state index in [1.165, 1.54) is 10.8 Å². The number of nitrogens with zero attached hydrogens (tertiary/aromatic N) is 3. The zero-order valence-electron chi connectivity index (χ0n) is 20.2. The monoisotopic (exact) mass is 500 g/mol. The molecule has 0 saturated carbocycles. The molecule has 2 heterocycles. The minimum absolute atomic E-state index is 0.122. The van der Waals surface area contributed by atoms with Crippen LogP contribution in [-0.2, 0) is 13.2 Å². The van der Waals surface area contributed by atoms with Crippen LogP contribution in [0.4, 0.5) is 5.69 Å². The van der Waals surface area contributed by atoms with Gasteiger partial charge in [0.2, 0.25) is 0 Å². The highest BCUT2D eigenvalue weighted by molar-refractivity contribution is 6.30. The highest BCUT2D eigenvalue weighted by Gasteiger charge is 2.23. The molecule has 5 aromatic rings. The van der Waals surface area contributed by atoms with E-state index >= 15 is 0 Å². The molecule has 1 N–H and O–H groups in total. The molecule has 0 saturated heterocycles. The maximum absolute atomic E-state index is 13.2. The summed E-state index contributed by atoms with van der Waals surface area (Å²) >= 11 is 6.04. The molecule has 7 nitrogen and oxygen atoms in total. The summed E-state index contributed by atoms with van der Waals surface area (Å²) < 4.78 is 13.0. The Labute approximate surface area is 213 Å². The van der Waals surface area contributed by atoms with Crippen molar-refractivity contribution in [2.24, 2.45) is 0 Å². The lowest BCUT2D eigenvalue weighted by atomic mass is 10.0. The number of carbonyl (C=O) groups excluding carboxylic acids is 1. The number of rotatable bonds is 7. The average molecular weight is 501 g/mol. The molecule has 3 aromatic carbocycles. The first-order valence-corrected chi connectivity index (χ1v) is 11.9. The fraction of sp³-hybridized carbons (Fsp3) is 0.179. The molecule has 0 unspecified atom stereocenters. The molecule has 5 rings (SSSR count). The summed E-state index contributed by atoms with van der Waals surface area (Å²) in [6.07, 6.45) is 0. The number of hydrogen-bond donors (Lipinski definition) is 1. The van der Waals surface area contributed by atoms with Crippen LogP contribution in [0.5, 0.6) is 5.75 Å². The minimum atomic E-state index is -0.382. The van der Waals surface area contributed by atoms with Crippen LogP contribution in [0, 0.1) is 20.8 Å². The van der Waals surface area contributed by atoms with Gasteiger partial charge in [-0.2, -0.15) is 5.10 Å². The van der Waals surface area contributed by atoms with E-state index in [2.05, 4.69) is 34.7 Å². The Balaban J connectivity index is 1.36. The van der Waals surface area contributed by atoms with Gasteiger partial charge >= 0.3 is 0 Å². The Kier molecular flexibility index (Phi) is 6.48. The summed E-state index contributed by atoms with van der Waals surface area (Å²) in [6, 6.07) is 21.6. The maximum Gasteiger partial charge on any atom is 0.278 e. The van der Waals surface area contributed by atoms with Crippen molar-refractivity contribution in [2.45, 2.75) is 33.9 Å². The molecule has 8 heteroatoms. The molecule has 0 atom stereocenters. The van der Waals surface area contributed by atoms with E-state index in [4.69, 9.17) is 26.0 Å². The van der Waals surface area contributed by atoms with E-state index in [9.17, 15) is 4.79 Å². The Hall–Kier alpha value is -4.10. The van der Waals surface area contributed by atoms with E-state index in [1.807, 2.05) is 36.7 Å². The van der Waals surface area contributed by atoms with Crippen molar-refractivity contribution < 1.29 is 14.1 Å². The van der Waals surface area contributed by atoms with Crippen LogP contribution in [0.2, 0.25) is 5.02 Å². The zero-order chi connectivity index (χ0) is 25.2. The van der Waals surface area contributed by atoms with Crippen LogP contribution in [0.25, 0.3) is 10.8 Å². The van der Waals surface area contributed by atoms with Crippen LogP contribution in [0.3, 0.4) is 0 Å². The van der Waals surface area contributed by atoms with Gasteiger partial charge in [0.25, 0.3) is 5.91 Å². The minimum Gasteiger partial charge on any atom is -0.489 e. The van der Waals surface area contributed by atoms with E-state index in [0.29, 0.717) is 34.3 Å². The normalized spacial score (nSPS) is 11.1. The lowest BCUT2D eigenvalue weighted by Gasteiger charge is -2.10. The van der Waals surface area contributed by atoms with Gasteiger partial charge in [-0.3, -0.25) is 9.48 Å². The smallest absolute Gasteiger partial charge is 0.278 e. The highest BCUT2D eigenvalue weighted by Crippen LogP contribution is 2.26. The zero-order valence-corrected chi connectivity index (χ0v) is 21.0. The van der Waals surface area contributed by atoms with E-state index in [-0.39, 0.29) is 18.2 Å². The van der Waals surface area contributed by atoms with Crippen molar-refractivity contribution in [1.29, 1.82) is 0 Å². The first-order valence-electron chi connectivity index (χ1n) is 11.6. The largest absolute Gasteiger partial charge is 0.489 e. The lowest BCUT2D eigenvalue weighted by Crippen LogP contribution is -2.16. The number of ether oxygens (including phenoxy) is 1. The summed E-state index contributed by atoms with van der Waals surface area (Å²) in [5, 5.41) is 14.6. The van der Waals surface area contributed by atoms with Crippen molar-refractivity contribution >= 4 is 34.0 Å². The van der Waals surface area contributed by atoms with Crippen molar-refractivity contribution in [3.8, 4) is 5.75 Å². The topological polar surface area (TPSA) is 82.2 Å². The summed E-state index contributed by atoms with van der Waals surface area (Å²) in [5.41, 5.74) is 4.14. The lowest BCUT2D eigenvalue weighted by molar-refractivity contribution is 0.101. The van der Waals surface area contributed by atoms with Gasteiger partial charge in [0, 0.05) is 5.02 Å². The standard InChI is InChI=1S/C28H25ClN4O3/c1-17-26(18(2)33(31-17)15-21-10-6-9-20-8-4-5-13-24(20)21)30-28(34)27-25(19(3)36-32-27)16-35-23-12-7-11-22(29)14-23/h4-14H,15-16H2,1-3H3,(H,30,34). The summed E-state index contributed by atoms with van der Waals surface area (Å²) in [7, 11) is 0. The van der Waals surface area contributed by atoms with E-state index in [1.54, 1.807) is 31.2 Å². The van der Waals surface area contributed by atoms with Gasteiger partial charge in [0.05, 0.1) is 29.2 Å². The summed E-state index contributed by atoms with van der Waals surface area (Å²) in [6.45, 7) is 6.28. The molecule has 0 spiro atoms. The molecule has 0 radical (unpaired) electrons. The maximum atomic E-state index is 13.2. The van der Waals surface area contributed by atoms with Crippen molar-refractivity contribution in [3.63, 3.8) is 0 Å². The van der Waals surface area contributed by atoms with Gasteiger partial charge in [-0.25, -0.2) is 0 Å². The van der Waals surface area contributed by atoms with Gasteiger partial charge in [0.15, 0.2) is 5.69 Å². The number of amides is 1. The number of aromatic nitrogens is 3. The number of benzene rings is 3. The third kappa shape index (κ3) is 4.70. The first-order chi connectivity index (χ1) is 17.4. The highest BCUT2D eigenvalue weighted by atomic mass is 35.5. The molecular weight excluding hydrogens is 476 g/mol. The molecule has 0 fully saturated rings. The van der Waals surface area contributed by atoms with E-state index in [0.717, 1.165) is 17.0 Å². The Bertz CT molecular complexity index is 1570. The van der Waals surface area contributed by atoms with Crippen LogP contribution < -0.4 is 10.1 Å². The van der Waals surface area contributed by atoms with Gasteiger partial charge in [0.1, 0.15) is 18.1 Å². The van der Waals surface area contributed by atoms with Crippen LogP contribution in [0.15, 0.2) is 71.3 Å². The van der Waals surface area contributed by atoms with Crippen molar-refractivity contribution in [2.75, 3.05) is 5.32 Å². The van der Waals surface area contributed by atoms with Gasteiger partial charge < -0.3 is 14.6 Å². The molecule has 36 heavy (non-hydrogen) atoms. The van der Waals surface area contributed by atoms with Crippen LogP contribution >= 0.6 is 11.6 Å². The quantitative estimate of drug-likeness (QED) is 0.276. The molecule has 0 aliphatic rings. The molecule has 0 aliphatic heterocycles. The third-order valence-electron chi connectivity index (χ3n) is 6.20. The number of hydrogen-bond acceptors (Lipinski definition) is 5. The average Bonchev–Trinajstić information content (AvgIpc) is 3.37. The number of nitrogens with one attached hydrogen (secondary N) is 1. The number of carbonyl (C=O) groups is 1. The number of halogens is 1. The second kappa shape index (κ2) is 9.87. The Morgan fingerprint density at radius 2 is 1.83 bits per heavy atom. The van der Waals surface area contributed by atoms with Gasteiger partial charge in [-0.15, -0.1) is 0 Å². The Morgan fingerprint density at radius 1 is 1.06 bits per heavy atom. The molecule has 2 aromatic heterocycles. The predicted octanol–water partition coefficient (Wildman–Crippen LogP) is 6.48. The summed E-state index contributed by atoms with van der Waals surface area (Å²) in [4.78, 5) is 13.2. The third-order valence-corrected chi connectivity index (χ3v) is 6.43. The number of fused-ring (bicyclic) bond motifs is 1. The second-order valence-corrected chi connectivity index (χ2v) is 9.04. The molecule has 182 valence electrons. The SMILES string of the molecule is Cc1nn(Cc2cccc3ccccc23)c(C)c1NC(=O)c1noc(C)c1COc1cccc(Cl)c1. The van der Waals surface area contributed by atoms with Crippen molar-refractivity contribution in [1.82, 2.24) is 14.9 Å². The van der Waals surface area contributed by atoms with Gasteiger partial charge in [-0.05, 0) is 55.3 Å². The van der Waals surface area contributed by atoms with E-state index < -0.39 is 0 Å². The first kappa shape index (κ1) is 23.6. The van der Waals surface area contributed by atoms with Gasteiger partial charge in [-0.1, -0.05) is 65.3 Å². The molecule has 1 amide bonds. The Morgan fingerprint density at radius 3 is 2.67 bits per heavy atom.